The first-order chi connectivity index (χ1) is 10.0. The van der Waals surface area contributed by atoms with Crippen molar-refractivity contribution >= 4 is 17.7 Å². The van der Waals surface area contributed by atoms with Gasteiger partial charge in [0, 0.05) is 26.3 Å². The molecule has 2 amide bonds. The van der Waals surface area contributed by atoms with Gasteiger partial charge >= 0.3 is 12.0 Å². The number of aromatic nitrogens is 2. The molecule has 0 aliphatic carbocycles. The topological polar surface area (TPSA) is 115 Å². The van der Waals surface area contributed by atoms with Crippen molar-refractivity contribution in [3.8, 4) is 0 Å². The minimum Gasteiger partial charge on any atom is -0.480 e. The van der Waals surface area contributed by atoms with Crippen molar-refractivity contribution in [1.82, 2.24) is 15.1 Å². The maximum atomic E-state index is 11.8. The Balaban J connectivity index is 1.81. The second-order valence-electron chi connectivity index (χ2n) is 4.82. The van der Waals surface area contributed by atoms with Gasteiger partial charge in [-0.05, 0) is 0 Å². The van der Waals surface area contributed by atoms with Crippen LogP contribution in [-0.4, -0.2) is 59.4 Å². The van der Waals surface area contributed by atoms with Gasteiger partial charge in [-0.25, -0.2) is 4.79 Å². The van der Waals surface area contributed by atoms with Crippen molar-refractivity contribution in [1.29, 1.82) is 0 Å². The third-order valence-corrected chi connectivity index (χ3v) is 3.26. The molecule has 0 bridgehead atoms. The molecule has 1 aliphatic rings. The summed E-state index contributed by atoms with van der Waals surface area (Å²) in [6.07, 6.45) is 3.55. The number of ether oxygens (including phenoxy) is 2. The molecule has 1 unspecified atom stereocenters. The first kappa shape index (κ1) is 15.3. The van der Waals surface area contributed by atoms with E-state index in [9.17, 15) is 9.59 Å². The molecule has 1 aromatic heterocycles. The summed E-state index contributed by atoms with van der Waals surface area (Å²) in [5.41, 5.74) is -0.0620. The number of methoxy groups -OCH3 is 1. The van der Waals surface area contributed by atoms with E-state index in [1.807, 2.05) is 0 Å². The van der Waals surface area contributed by atoms with Gasteiger partial charge in [-0.2, -0.15) is 5.10 Å². The Morgan fingerprint density at radius 1 is 1.62 bits per heavy atom. The van der Waals surface area contributed by atoms with Crippen molar-refractivity contribution in [3.05, 3.63) is 12.4 Å². The van der Waals surface area contributed by atoms with E-state index in [2.05, 4.69) is 15.7 Å². The first-order valence-corrected chi connectivity index (χ1v) is 6.45. The lowest BCUT2D eigenvalue weighted by Crippen LogP contribution is -2.46. The van der Waals surface area contributed by atoms with Crippen LogP contribution in [0.1, 0.15) is 6.42 Å². The Morgan fingerprint density at radius 2 is 2.43 bits per heavy atom. The van der Waals surface area contributed by atoms with E-state index < -0.39 is 17.6 Å². The van der Waals surface area contributed by atoms with Gasteiger partial charge in [-0.3, -0.25) is 9.48 Å². The van der Waals surface area contributed by atoms with Crippen LogP contribution >= 0.6 is 0 Å². The third kappa shape index (κ3) is 4.17. The lowest BCUT2D eigenvalue weighted by Gasteiger charge is -2.25. The van der Waals surface area contributed by atoms with Crippen molar-refractivity contribution < 1.29 is 24.2 Å². The van der Waals surface area contributed by atoms with Crippen molar-refractivity contribution in [2.45, 2.75) is 18.6 Å². The Bertz CT molecular complexity index is 510. The molecule has 1 fully saturated rings. The molecule has 0 spiro atoms. The number of hydrogen-bond donors (Lipinski definition) is 3. The quantitative estimate of drug-likeness (QED) is 0.675. The molecule has 116 valence electrons. The summed E-state index contributed by atoms with van der Waals surface area (Å²) in [5, 5.41) is 17.7. The number of rotatable bonds is 6. The van der Waals surface area contributed by atoms with E-state index in [-0.39, 0.29) is 6.54 Å². The highest BCUT2D eigenvalue weighted by Crippen LogP contribution is 2.21. The molecule has 2 heterocycles. The van der Waals surface area contributed by atoms with E-state index in [1.54, 1.807) is 7.11 Å². The van der Waals surface area contributed by atoms with Crippen LogP contribution in [0.25, 0.3) is 0 Å². The van der Waals surface area contributed by atoms with Gasteiger partial charge < -0.3 is 25.2 Å². The average Bonchev–Trinajstić information content (AvgIpc) is 3.06. The lowest BCUT2D eigenvalue weighted by molar-refractivity contribution is -0.137. The number of carboxylic acids is 1. The number of urea groups is 1. The lowest BCUT2D eigenvalue weighted by atomic mass is 10.0. The van der Waals surface area contributed by atoms with Crippen molar-refractivity contribution in [3.63, 3.8) is 0 Å². The monoisotopic (exact) mass is 298 g/mol. The molecule has 0 aromatic carbocycles. The van der Waals surface area contributed by atoms with Crippen LogP contribution in [0.3, 0.4) is 0 Å². The molecule has 21 heavy (non-hydrogen) atoms. The van der Waals surface area contributed by atoms with Gasteiger partial charge in [-0.15, -0.1) is 0 Å². The fraction of sp³-hybridized carbons (Fsp3) is 0.583. The van der Waals surface area contributed by atoms with E-state index >= 15 is 0 Å². The predicted molar refractivity (Wildman–Crippen MR) is 72.1 cm³/mol. The summed E-state index contributed by atoms with van der Waals surface area (Å²) in [7, 11) is 1.59. The van der Waals surface area contributed by atoms with Gasteiger partial charge in [0.05, 0.1) is 25.0 Å². The third-order valence-electron chi connectivity index (χ3n) is 3.26. The second-order valence-corrected chi connectivity index (χ2v) is 4.82. The molecule has 0 saturated carbocycles. The number of carboxylic acid groups (broad SMARTS) is 1. The fourth-order valence-corrected chi connectivity index (χ4v) is 2.03. The van der Waals surface area contributed by atoms with Gasteiger partial charge in [-0.1, -0.05) is 0 Å². The van der Waals surface area contributed by atoms with Gasteiger partial charge in [0.2, 0.25) is 0 Å². The Labute approximate surface area is 121 Å². The number of aliphatic carboxylic acids is 1. The molecule has 9 nitrogen and oxygen atoms in total. The number of hydrogen-bond acceptors (Lipinski definition) is 5. The summed E-state index contributed by atoms with van der Waals surface area (Å²) < 4.78 is 11.9. The molecular formula is C12H18N4O5. The Kier molecular flexibility index (Phi) is 4.76. The minimum atomic E-state index is -1.00. The number of nitrogens with one attached hydrogen (secondary N) is 2. The zero-order valence-corrected chi connectivity index (χ0v) is 11.7. The summed E-state index contributed by atoms with van der Waals surface area (Å²) in [6.45, 7) is 1.13. The zero-order chi connectivity index (χ0) is 15.3. The number of carbonyl (C=O) groups excluding carboxylic acids is 1. The molecule has 0 radical (unpaired) electrons. The van der Waals surface area contributed by atoms with Gasteiger partial charge in [0.25, 0.3) is 0 Å². The maximum absolute atomic E-state index is 11.8. The van der Waals surface area contributed by atoms with Gasteiger partial charge in [0.15, 0.2) is 0 Å². The highest BCUT2D eigenvalue weighted by atomic mass is 16.5. The number of amides is 2. The van der Waals surface area contributed by atoms with Crippen LogP contribution in [0, 0.1) is 0 Å². The van der Waals surface area contributed by atoms with Crippen LogP contribution in [0.15, 0.2) is 12.4 Å². The van der Waals surface area contributed by atoms with Crippen LogP contribution in [0.2, 0.25) is 0 Å². The normalized spacial score (nSPS) is 21.2. The highest BCUT2D eigenvalue weighted by molar-refractivity contribution is 5.88. The average molecular weight is 298 g/mol. The SMILES string of the molecule is COC1(CNC(=O)Nc2cnn(CC(=O)O)c2)CCOC1. The van der Waals surface area contributed by atoms with Gasteiger partial charge in [0.1, 0.15) is 12.1 Å². The largest absolute Gasteiger partial charge is 0.480 e. The molecule has 1 atom stereocenters. The molecule has 3 N–H and O–H groups in total. The standard InChI is InChI=1S/C12H18N4O5/c1-20-12(2-3-21-8-12)7-13-11(19)15-9-4-14-16(5-9)6-10(17)18/h4-5H,2-3,6-8H2,1H3,(H,17,18)(H2,13,15,19). The van der Waals surface area contributed by atoms with Crippen LogP contribution in [0.5, 0.6) is 0 Å². The summed E-state index contributed by atoms with van der Waals surface area (Å²) in [4.78, 5) is 22.3. The van der Waals surface area contributed by atoms with E-state index in [1.165, 1.54) is 17.1 Å². The fourth-order valence-electron chi connectivity index (χ4n) is 2.03. The summed E-state index contributed by atoms with van der Waals surface area (Å²) >= 11 is 0. The number of anilines is 1. The van der Waals surface area contributed by atoms with Crippen LogP contribution in [-0.2, 0) is 20.8 Å². The van der Waals surface area contributed by atoms with Crippen LogP contribution in [0.4, 0.5) is 10.5 Å². The predicted octanol–water partition coefficient (Wildman–Crippen LogP) is -0.105. The molecule has 1 saturated heterocycles. The second kappa shape index (κ2) is 6.55. The van der Waals surface area contributed by atoms with E-state index in [4.69, 9.17) is 14.6 Å². The van der Waals surface area contributed by atoms with Crippen LogP contribution < -0.4 is 10.6 Å². The van der Waals surface area contributed by atoms with E-state index in [0.29, 0.717) is 25.4 Å². The Morgan fingerprint density at radius 3 is 3.05 bits per heavy atom. The highest BCUT2D eigenvalue weighted by Gasteiger charge is 2.35. The van der Waals surface area contributed by atoms with E-state index in [0.717, 1.165) is 6.42 Å². The minimum absolute atomic E-state index is 0.257. The number of nitrogens with zero attached hydrogens (tertiary/aromatic N) is 2. The van der Waals surface area contributed by atoms with Crippen molar-refractivity contribution in [2.24, 2.45) is 0 Å². The van der Waals surface area contributed by atoms with Crippen molar-refractivity contribution in [2.75, 3.05) is 32.2 Å². The summed E-state index contributed by atoms with van der Waals surface area (Å²) in [6, 6.07) is -0.409. The maximum Gasteiger partial charge on any atom is 0.325 e. The molecule has 2 rings (SSSR count). The molecule has 1 aliphatic heterocycles. The molecule has 9 heteroatoms. The summed E-state index contributed by atoms with van der Waals surface area (Å²) in [5.74, 6) is -1.00. The molecular weight excluding hydrogens is 280 g/mol. The zero-order valence-electron chi connectivity index (χ0n) is 11.7. The molecule has 1 aromatic rings. The number of carbonyl (C=O) groups is 2. The smallest absolute Gasteiger partial charge is 0.325 e. The first-order valence-electron chi connectivity index (χ1n) is 6.45. The Hall–Kier alpha value is -2.13.